The first kappa shape index (κ1) is 27.5. The number of imide groups is 2. The topological polar surface area (TPSA) is 84.9 Å². The van der Waals surface area contributed by atoms with Gasteiger partial charge in [-0.3, -0.25) is 14.9 Å². The number of ether oxygens (including phenoxy) is 2. The molecular formula is C28H23Cl3N2O5. The fraction of sp³-hybridized carbons (Fsp3) is 0.179. The molecule has 1 N–H and O–H groups in total. The molecule has 7 nitrogen and oxygen atoms in total. The van der Waals surface area contributed by atoms with E-state index in [1.807, 2.05) is 13.0 Å². The summed E-state index contributed by atoms with van der Waals surface area (Å²) < 4.78 is 11.7. The number of urea groups is 1. The van der Waals surface area contributed by atoms with Crippen LogP contribution in [0.25, 0.3) is 6.08 Å². The summed E-state index contributed by atoms with van der Waals surface area (Å²) in [5.41, 5.74) is 2.91. The predicted molar refractivity (Wildman–Crippen MR) is 148 cm³/mol. The van der Waals surface area contributed by atoms with Crippen LogP contribution >= 0.6 is 34.8 Å². The highest BCUT2D eigenvalue weighted by molar-refractivity contribution is 6.42. The van der Waals surface area contributed by atoms with Crippen molar-refractivity contribution in [2.24, 2.45) is 0 Å². The molecule has 38 heavy (non-hydrogen) atoms. The van der Waals surface area contributed by atoms with E-state index < -0.39 is 17.8 Å². The van der Waals surface area contributed by atoms with Gasteiger partial charge in [-0.1, -0.05) is 53.0 Å². The molecule has 3 aromatic carbocycles. The second kappa shape index (κ2) is 11.5. The van der Waals surface area contributed by atoms with Gasteiger partial charge in [0.05, 0.1) is 27.4 Å². The number of benzene rings is 3. The van der Waals surface area contributed by atoms with Crippen molar-refractivity contribution in [3.05, 3.63) is 91.4 Å². The predicted octanol–water partition coefficient (Wildman–Crippen LogP) is 6.91. The lowest BCUT2D eigenvalue weighted by molar-refractivity contribution is -0.122. The minimum absolute atomic E-state index is 0.144. The van der Waals surface area contributed by atoms with Gasteiger partial charge in [0.1, 0.15) is 12.2 Å². The highest BCUT2D eigenvalue weighted by Gasteiger charge is 2.37. The van der Waals surface area contributed by atoms with Crippen LogP contribution in [0, 0.1) is 13.8 Å². The van der Waals surface area contributed by atoms with E-state index in [9.17, 15) is 14.4 Å². The van der Waals surface area contributed by atoms with Crippen molar-refractivity contribution in [1.82, 2.24) is 5.32 Å². The summed E-state index contributed by atoms with van der Waals surface area (Å²) in [5.74, 6) is -0.955. The van der Waals surface area contributed by atoms with Gasteiger partial charge in [0.25, 0.3) is 11.8 Å². The molecule has 0 aliphatic carbocycles. The number of carbonyl (C=O) groups is 3. The third kappa shape index (κ3) is 5.80. The van der Waals surface area contributed by atoms with Crippen LogP contribution in [0.4, 0.5) is 10.5 Å². The van der Waals surface area contributed by atoms with E-state index in [4.69, 9.17) is 44.3 Å². The van der Waals surface area contributed by atoms with Gasteiger partial charge in [-0.2, -0.15) is 0 Å². The third-order valence-electron chi connectivity index (χ3n) is 5.72. The van der Waals surface area contributed by atoms with Gasteiger partial charge in [0.2, 0.25) is 0 Å². The maximum absolute atomic E-state index is 13.4. The molecule has 0 radical (unpaired) electrons. The van der Waals surface area contributed by atoms with Crippen LogP contribution < -0.4 is 19.7 Å². The lowest BCUT2D eigenvalue weighted by Gasteiger charge is -2.28. The van der Waals surface area contributed by atoms with Gasteiger partial charge in [0, 0.05) is 0 Å². The van der Waals surface area contributed by atoms with Crippen LogP contribution in [-0.2, 0) is 16.2 Å². The van der Waals surface area contributed by atoms with E-state index in [1.165, 1.54) is 6.08 Å². The number of rotatable bonds is 7. The van der Waals surface area contributed by atoms with Gasteiger partial charge < -0.3 is 9.47 Å². The smallest absolute Gasteiger partial charge is 0.335 e. The maximum atomic E-state index is 13.4. The van der Waals surface area contributed by atoms with E-state index in [0.29, 0.717) is 39.2 Å². The zero-order valence-corrected chi connectivity index (χ0v) is 23.0. The van der Waals surface area contributed by atoms with Crippen molar-refractivity contribution in [2.75, 3.05) is 11.5 Å². The molecule has 4 amide bonds. The highest BCUT2D eigenvalue weighted by Crippen LogP contribution is 2.38. The summed E-state index contributed by atoms with van der Waals surface area (Å²) in [6.45, 7) is 5.88. The minimum atomic E-state index is -0.815. The fourth-order valence-corrected chi connectivity index (χ4v) is 4.46. The average molecular weight is 574 g/mol. The molecule has 10 heteroatoms. The molecule has 1 heterocycles. The number of nitrogens with one attached hydrogen (secondary N) is 1. The Morgan fingerprint density at radius 2 is 1.66 bits per heavy atom. The Morgan fingerprint density at radius 1 is 0.895 bits per heavy atom. The van der Waals surface area contributed by atoms with Gasteiger partial charge in [0.15, 0.2) is 11.5 Å². The van der Waals surface area contributed by atoms with E-state index in [0.717, 1.165) is 16.0 Å². The zero-order chi connectivity index (χ0) is 27.6. The first-order chi connectivity index (χ1) is 18.1. The largest absolute Gasteiger partial charge is 0.490 e. The molecule has 0 unspecified atom stereocenters. The van der Waals surface area contributed by atoms with E-state index in [-0.39, 0.29) is 23.0 Å². The molecule has 0 aromatic heterocycles. The summed E-state index contributed by atoms with van der Waals surface area (Å²) in [6, 6.07) is 12.8. The van der Waals surface area contributed by atoms with E-state index in [2.05, 4.69) is 5.32 Å². The van der Waals surface area contributed by atoms with E-state index >= 15 is 0 Å². The number of aryl methyl sites for hydroxylation is 2. The van der Waals surface area contributed by atoms with Crippen LogP contribution in [-0.4, -0.2) is 24.5 Å². The van der Waals surface area contributed by atoms with Crippen molar-refractivity contribution < 1.29 is 23.9 Å². The number of hydrogen-bond acceptors (Lipinski definition) is 5. The summed E-state index contributed by atoms with van der Waals surface area (Å²) in [7, 11) is 0. The monoisotopic (exact) mass is 572 g/mol. The van der Waals surface area contributed by atoms with Crippen LogP contribution in [0.2, 0.25) is 15.1 Å². The van der Waals surface area contributed by atoms with Crippen LogP contribution in [0.1, 0.15) is 29.2 Å². The van der Waals surface area contributed by atoms with Crippen molar-refractivity contribution in [3.8, 4) is 11.5 Å². The molecule has 196 valence electrons. The second-order valence-corrected chi connectivity index (χ2v) is 9.77. The standard InChI is InChI=1S/C28H23Cl3N2O5/c1-4-37-24-13-18(12-22(31)25(24)38-14-17-7-8-20(29)21(30)11-17)10-19-26(34)32-28(36)33(27(19)35)23-9-15(2)5-6-16(23)3/h5-13H,4,14H2,1-3H3,(H,32,34,36)/b19-10+. The van der Waals surface area contributed by atoms with Gasteiger partial charge in [-0.05, 0) is 79.4 Å². The molecule has 1 fully saturated rings. The Hall–Kier alpha value is -3.52. The SMILES string of the molecule is CCOc1cc(/C=C2\C(=O)NC(=O)N(c3cc(C)ccc3C)C2=O)cc(Cl)c1OCc1ccc(Cl)c(Cl)c1. The Morgan fingerprint density at radius 3 is 2.37 bits per heavy atom. The highest BCUT2D eigenvalue weighted by atomic mass is 35.5. The molecule has 4 rings (SSSR count). The number of barbiturate groups is 1. The Balaban J connectivity index is 1.67. The number of nitrogens with zero attached hydrogens (tertiary/aromatic N) is 1. The van der Waals surface area contributed by atoms with Gasteiger partial charge >= 0.3 is 6.03 Å². The molecule has 1 aliphatic rings. The van der Waals surface area contributed by atoms with Crippen LogP contribution in [0.15, 0.2) is 54.1 Å². The first-order valence-corrected chi connectivity index (χ1v) is 12.7. The minimum Gasteiger partial charge on any atom is -0.490 e. The molecule has 1 aliphatic heterocycles. The number of hydrogen-bond donors (Lipinski definition) is 1. The Kier molecular flexibility index (Phi) is 8.31. The van der Waals surface area contributed by atoms with E-state index in [1.54, 1.807) is 56.3 Å². The molecule has 1 saturated heterocycles. The summed E-state index contributed by atoms with van der Waals surface area (Å²) in [5, 5.41) is 3.27. The van der Waals surface area contributed by atoms with Crippen molar-refractivity contribution >= 4 is 64.4 Å². The molecule has 0 bridgehead atoms. The van der Waals surface area contributed by atoms with Crippen LogP contribution in [0.3, 0.4) is 0 Å². The Bertz CT molecular complexity index is 1490. The quantitative estimate of drug-likeness (QED) is 0.245. The van der Waals surface area contributed by atoms with Crippen molar-refractivity contribution in [3.63, 3.8) is 0 Å². The Labute approximate surface area is 234 Å². The zero-order valence-electron chi connectivity index (χ0n) is 20.7. The lowest BCUT2D eigenvalue weighted by atomic mass is 10.0. The number of amides is 4. The third-order valence-corrected chi connectivity index (χ3v) is 6.74. The molecular weight excluding hydrogens is 551 g/mol. The summed E-state index contributed by atoms with van der Waals surface area (Å²) in [6.07, 6.45) is 1.36. The number of carbonyl (C=O) groups excluding carboxylic acids is 3. The first-order valence-electron chi connectivity index (χ1n) is 11.6. The summed E-state index contributed by atoms with van der Waals surface area (Å²) in [4.78, 5) is 39.6. The second-order valence-electron chi connectivity index (χ2n) is 8.55. The van der Waals surface area contributed by atoms with Gasteiger partial charge in [-0.15, -0.1) is 0 Å². The molecule has 0 atom stereocenters. The maximum Gasteiger partial charge on any atom is 0.335 e. The average Bonchev–Trinajstić information content (AvgIpc) is 2.85. The van der Waals surface area contributed by atoms with Crippen molar-refractivity contribution in [1.29, 1.82) is 0 Å². The molecule has 0 spiro atoms. The molecule has 3 aromatic rings. The van der Waals surface area contributed by atoms with Crippen molar-refractivity contribution in [2.45, 2.75) is 27.4 Å². The van der Waals surface area contributed by atoms with Gasteiger partial charge in [-0.25, -0.2) is 9.69 Å². The number of halogens is 3. The lowest BCUT2D eigenvalue weighted by Crippen LogP contribution is -2.54. The number of anilines is 1. The fourth-order valence-electron chi connectivity index (χ4n) is 3.86. The van der Waals surface area contributed by atoms with Crippen LogP contribution in [0.5, 0.6) is 11.5 Å². The summed E-state index contributed by atoms with van der Waals surface area (Å²) >= 11 is 18.6. The molecule has 0 saturated carbocycles. The normalized spacial score (nSPS) is 14.6.